The van der Waals surface area contributed by atoms with Crippen LogP contribution in [0.5, 0.6) is 0 Å². The number of carbonyl (C=O) groups is 2. The van der Waals surface area contributed by atoms with Gasteiger partial charge >= 0.3 is 12.0 Å². The molecule has 1 aromatic heterocycles. The molecule has 0 aliphatic carbocycles. The zero-order valence-electron chi connectivity index (χ0n) is 11.9. The Hall–Kier alpha value is -2.09. The average molecular weight is 296 g/mol. The Labute approximate surface area is 122 Å². The van der Waals surface area contributed by atoms with Crippen LogP contribution in [0.15, 0.2) is 12.5 Å². The molecule has 21 heavy (non-hydrogen) atoms. The average Bonchev–Trinajstić information content (AvgIpc) is 2.99. The minimum Gasteiger partial charge on any atom is -0.480 e. The predicted molar refractivity (Wildman–Crippen MR) is 73.9 cm³/mol. The van der Waals surface area contributed by atoms with E-state index in [0.29, 0.717) is 25.4 Å². The van der Waals surface area contributed by atoms with Crippen molar-refractivity contribution in [1.82, 2.24) is 20.2 Å². The van der Waals surface area contributed by atoms with Gasteiger partial charge in [0.2, 0.25) is 0 Å². The van der Waals surface area contributed by atoms with Gasteiger partial charge in [-0.3, -0.25) is 0 Å². The molecule has 8 nitrogen and oxygen atoms in total. The zero-order chi connectivity index (χ0) is 15.2. The van der Waals surface area contributed by atoms with E-state index < -0.39 is 12.0 Å². The summed E-state index contributed by atoms with van der Waals surface area (Å²) in [6, 6.07) is -1.36. The Morgan fingerprint density at radius 1 is 1.67 bits per heavy atom. The van der Waals surface area contributed by atoms with Crippen molar-refractivity contribution in [2.45, 2.75) is 31.9 Å². The van der Waals surface area contributed by atoms with Gasteiger partial charge in [0.25, 0.3) is 0 Å². The number of hydrogen-bond donors (Lipinski definition) is 3. The van der Waals surface area contributed by atoms with Gasteiger partial charge in [-0.1, -0.05) is 6.92 Å². The van der Waals surface area contributed by atoms with E-state index in [-0.39, 0.29) is 18.6 Å². The third-order valence-electron chi connectivity index (χ3n) is 3.46. The van der Waals surface area contributed by atoms with Gasteiger partial charge in [-0.2, -0.15) is 0 Å². The molecule has 2 heterocycles. The number of morpholine rings is 1. The van der Waals surface area contributed by atoms with Gasteiger partial charge in [-0.25, -0.2) is 14.6 Å². The molecule has 2 rings (SSSR count). The van der Waals surface area contributed by atoms with Gasteiger partial charge in [0.1, 0.15) is 6.04 Å². The van der Waals surface area contributed by atoms with Crippen LogP contribution in [0.25, 0.3) is 0 Å². The van der Waals surface area contributed by atoms with Crippen LogP contribution in [0, 0.1) is 0 Å². The first-order valence-electron chi connectivity index (χ1n) is 6.97. The highest BCUT2D eigenvalue weighted by molar-refractivity contribution is 5.82. The van der Waals surface area contributed by atoms with Crippen molar-refractivity contribution in [1.29, 1.82) is 0 Å². The number of imidazole rings is 1. The summed E-state index contributed by atoms with van der Waals surface area (Å²) in [5.41, 5.74) is 0.663. The fourth-order valence-corrected chi connectivity index (χ4v) is 2.21. The molecular weight excluding hydrogens is 276 g/mol. The Morgan fingerprint density at radius 2 is 2.48 bits per heavy atom. The summed E-state index contributed by atoms with van der Waals surface area (Å²) in [5, 5.41) is 11.8. The highest BCUT2D eigenvalue weighted by Gasteiger charge is 2.27. The van der Waals surface area contributed by atoms with Crippen LogP contribution < -0.4 is 5.32 Å². The van der Waals surface area contributed by atoms with Gasteiger partial charge in [0, 0.05) is 31.4 Å². The van der Waals surface area contributed by atoms with Gasteiger partial charge in [0.05, 0.1) is 19.0 Å². The van der Waals surface area contributed by atoms with Crippen molar-refractivity contribution in [2.75, 3.05) is 19.7 Å². The minimum absolute atomic E-state index is 0.0142. The van der Waals surface area contributed by atoms with Crippen LogP contribution in [-0.4, -0.2) is 63.8 Å². The molecule has 0 saturated carbocycles. The van der Waals surface area contributed by atoms with Crippen molar-refractivity contribution in [3.05, 3.63) is 18.2 Å². The Bertz CT molecular complexity index is 477. The van der Waals surface area contributed by atoms with Crippen LogP contribution in [0.1, 0.15) is 19.0 Å². The number of aromatic nitrogens is 2. The zero-order valence-corrected chi connectivity index (χ0v) is 11.9. The molecule has 1 aromatic rings. The van der Waals surface area contributed by atoms with Crippen molar-refractivity contribution < 1.29 is 19.4 Å². The number of carboxylic acid groups (broad SMARTS) is 1. The number of aliphatic carboxylic acids is 1. The standard InChI is InChI=1S/C13H20N4O4/c1-2-10-7-17(3-4-21-10)13(20)16-11(12(18)19)5-9-6-14-8-15-9/h6,8,10-11H,2-5,7H2,1H3,(H,14,15)(H,16,20)(H,18,19)/t10?,11-/m1/s1. The molecular formula is C13H20N4O4. The number of urea groups is 1. The summed E-state index contributed by atoms with van der Waals surface area (Å²) in [4.78, 5) is 31.7. The highest BCUT2D eigenvalue weighted by atomic mass is 16.5. The first-order valence-corrected chi connectivity index (χ1v) is 6.97. The van der Waals surface area contributed by atoms with Crippen LogP contribution in [-0.2, 0) is 16.0 Å². The lowest BCUT2D eigenvalue weighted by molar-refractivity contribution is -0.139. The molecule has 1 unspecified atom stereocenters. The fourth-order valence-electron chi connectivity index (χ4n) is 2.21. The summed E-state index contributed by atoms with van der Waals surface area (Å²) in [7, 11) is 0. The predicted octanol–water partition coefficient (Wildman–Crippen LogP) is 0.226. The maximum Gasteiger partial charge on any atom is 0.326 e. The summed E-state index contributed by atoms with van der Waals surface area (Å²) in [6.45, 7) is 3.42. The van der Waals surface area contributed by atoms with E-state index >= 15 is 0 Å². The number of H-pyrrole nitrogens is 1. The number of nitrogens with zero attached hydrogens (tertiary/aromatic N) is 2. The molecule has 1 aliphatic heterocycles. The third-order valence-corrected chi connectivity index (χ3v) is 3.46. The van der Waals surface area contributed by atoms with Gasteiger partial charge in [0.15, 0.2) is 0 Å². The van der Waals surface area contributed by atoms with Crippen LogP contribution in [0.4, 0.5) is 4.79 Å². The van der Waals surface area contributed by atoms with E-state index in [1.165, 1.54) is 6.33 Å². The molecule has 1 fully saturated rings. The SMILES string of the molecule is CCC1CN(C(=O)N[C@H](Cc2cnc[nH]2)C(=O)O)CCO1. The van der Waals surface area contributed by atoms with Crippen molar-refractivity contribution in [2.24, 2.45) is 0 Å². The fraction of sp³-hybridized carbons (Fsp3) is 0.615. The largest absolute Gasteiger partial charge is 0.480 e. The number of rotatable bonds is 5. The number of amides is 2. The molecule has 1 aliphatic rings. The molecule has 3 N–H and O–H groups in total. The van der Waals surface area contributed by atoms with E-state index in [0.717, 1.165) is 6.42 Å². The first kappa shape index (κ1) is 15.3. The smallest absolute Gasteiger partial charge is 0.326 e. The lowest BCUT2D eigenvalue weighted by Gasteiger charge is -2.33. The second-order valence-electron chi connectivity index (χ2n) is 4.97. The summed E-state index contributed by atoms with van der Waals surface area (Å²) in [5.74, 6) is -1.07. The Balaban J connectivity index is 1.93. The van der Waals surface area contributed by atoms with Crippen LogP contribution in [0.2, 0.25) is 0 Å². The molecule has 116 valence electrons. The van der Waals surface area contributed by atoms with E-state index in [2.05, 4.69) is 15.3 Å². The van der Waals surface area contributed by atoms with Crippen molar-refractivity contribution in [3.63, 3.8) is 0 Å². The summed E-state index contributed by atoms with van der Waals surface area (Å²) < 4.78 is 5.49. The monoisotopic (exact) mass is 296 g/mol. The van der Waals surface area contributed by atoms with Gasteiger partial charge in [-0.15, -0.1) is 0 Å². The molecule has 2 atom stereocenters. The maximum absolute atomic E-state index is 12.2. The summed E-state index contributed by atoms with van der Waals surface area (Å²) in [6.07, 6.45) is 4.02. The number of aromatic amines is 1. The molecule has 0 bridgehead atoms. The molecule has 1 saturated heterocycles. The second-order valence-corrected chi connectivity index (χ2v) is 4.97. The molecule has 2 amide bonds. The summed E-state index contributed by atoms with van der Waals surface area (Å²) >= 11 is 0. The molecule has 0 aromatic carbocycles. The number of nitrogens with one attached hydrogen (secondary N) is 2. The van der Waals surface area contributed by atoms with Crippen LogP contribution in [0.3, 0.4) is 0 Å². The van der Waals surface area contributed by atoms with Crippen molar-refractivity contribution >= 4 is 12.0 Å². The minimum atomic E-state index is -1.07. The lowest BCUT2D eigenvalue weighted by Crippen LogP contribution is -2.53. The number of ether oxygens (including phenoxy) is 1. The third kappa shape index (κ3) is 4.19. The normalized spacial score (nSPS) is 20.0. The lowest BCUT2D eigenvalue weighted by atomic mass is 10.1. The first-order chi connectivity index (χ1) is 10.1. The van der Waals surface area contributed by atoms with Gasteiger partial charge < -0.3 is 25.0 Å². The van der Waals surface area contributed by atoms with E-state index in [1.807, 2.05) is 6.92 Å². The number of carbonyl (C=O) groups excluding carboxylic acids is 1. The number of carboxylic acids is 1. The quantitative estimate of drug-likeness (QED) is 0.720. The highest BCUT2D eigenvalue weighted by Crippen LogP contribution is 2.09. The molecule has 8 heteroatoms. The molecule has 0 spiro atoms. The van der Waals surface area contributed by atoms with Gasteiger partial charge in [-0.05, 0) is 6.42 Å². The van der Waals surface area contributed by atoms with E-state index in [1.54, 1.807) is 11.1 Å². The van der Waals surface area contributed by atoms with Crippen molar-refractivity contribution in [3.8, 4) is 0 Å². The number of hydrogen-bond acceptors (Lipinski definition) is 4. The Morgan fingerprint density at radius 3 is 3.10 bits per heavy atom. The Kier molecular flexibility index (Phi) is 5.15. The van der Waals surface area contributed by atoms with E-state index in [4.69, 9.17) is 4.74 Å². The topological polar surface area (TPSA) is 108 Å². The van der Waals surface area contributed by atoms with Crippen LogP contribution >= 0.6 is 0 Å². The van der Waals surface area contributed by atoms with E-state index in [9.17, 15) is 14.7 Å². The molecule has 0 radical (unpaired) electrons. The maximum atomic E-state index is 12.2. The second kappa shape index (κ2) is 7.07.